The molecule has 2 atom stereocenters. The SMILES string of the molecule is CC(C)(C)CC(C=CC(=O)N1Cc2ccccc2C1)NC(=O)C(N)Cc1cccs1. The molecule has 30 heavy (non-hydrogen) atoms. The van der Waals surface area contributed by atoms with Gasteiger partial charge in [0.05, 0.1) is 6.04 Å². The zero-order valence-electron chi connectivity index (χ0n) is 17.9. The van der Waals surface area contributed by atoms with E-state index in [0.29, 0.717) is 25.9 Å². The summed E-state index contributed by atoms with van der Waals surface area (Å²) in [6, 6.07) is 11.2. The van der Waals surface area contributed by atoms with Gasteiger partial charge in [0.25, 0.3) is 0 Å². The number of amides is 2. The van der Waals surface area contributed by atoms with Crippen molar-refractivity contribution in [3.05, 3.63) is 69.9 Å². The second kappa shape index (κ2) is 9.58. The molecule has 0 spiro atoms. The molecule has 3 rings (SSSR count). The van der Waals surface area contributed by atoms with Gasteiger partial charge >= 0.3 is 0 Å². The first-order valence-electron chi connectivity index (χ1n) is 10.3. The molecular formula is C24H31N3O2S. The van der Waals surface area contributed by atoms with Crippen molar-refractivity contribution in [3.63, 3.8) is 0 Å². The van der Waals surface area contributed by atoms with Crippen LogP contribution in [0.4, 0.5) is 0 Å². The highest BCUT2D eigenvalue weighted by molar-refractivity contribution is 7.09. The Labute approximate surface area is 183 Å². The predicted molar refractivity (Wildman–Crippen MR) is 122 cm³/mol. The maximum absolute atomic E-state index is 12.7. The number of nitrogens with two attached hydrogens (primary N) is 1. The number of hydrogen-bond donors (Lipinski definition) is 2. The first-order valence-corrected chi connectivity index (χ1v) is 11.2. The minimum Gasteiger partial charge on any atom is -0.349 e. The number of rotatable bonds is 7. The minimum absolute atomic E-state index is 0.00688. The first kappa shape index (κ1) is 22.2. The Morgan fingerprint density at radius 1 is 1.17 bits per heavy atom. The molecule has 0 radical (unpaired) electrons. The van der Waals surface area contributed by atoms with Gasteiger partial charge in [-0.2, -0.15) is 0 Å². The standard InChI is InChI=1S/C24H31N3O2S/c1-24(2,3)14-19(26-23(29)21(25)13-20-9-6-12-30-20)10-11-22(28)27-15-17-7-4-5-8-18(17)16-27/h4-12,19,21H,13-16,25H2,1-3H3,(H,26,29). The Kier molecular flexibility index (Phi) is 7.10. The van der Waals surface area contributed by atoms with Crippen molar-refractivity contribution in [1.29, 1.82) is 0 Å². The Morgan fingerprint density at radius 2 is 1.83 bits per heavy atom. The van der Waals surface area contributed by atoms with Crippen LogP contribution >= 0.6 is 11.3 Å². The number of carbonyl (C=O) groups excluding carboxylic acids is 2. The van der Waals surface area contributed by atoms with Crippen LogP contribution in [0, 0.1) is 5.41 Å². The summed E-state index contributed by atoms with van der Waals surface area (Å²) in [5.41, 5.74) is 8.50. The average molecular weight is 426 g/mol. The van der Waals surface area contributed by atoms with Gasteiger partial charge in [0.2, 0.25) is 11.8 Å². The third-order valence-corrected chi connectivity index (χ3v) is 6.02. The van der Waals surface area contributed by atoms with Crippen molar-refractivity contribution in [1.82, 2.24) is 10.2 Å². The number of nitrogens with zero attached hydrogens (tertiary/aromatic N) is 1. The summed E-state index contributed by atoms with van der Waals surface area (Å²) >= 11 is 1.60. The first-order chi connectivity index (χ1) is 14.2. The molecule has 3 N–H and O–H groups in total. The van der Waals surface area contributed by atoms with Gasteiger partial charge in [-0.3, -0.25) is 9.59 Å². The molecule has 0 bridgehead atoms. The van der Waals surface area contributed by atoms with E-state index in [2.05, 4.69) is 38.2 Å². The fourth-order valence-corrected chi connectivity index (χ4v) is 4.41. The van der Waals surface area contributed by atoms with Gasteiger partial charge in [-0.05, 0) is 34.4 Å². The summed E-state index contributed by atoms with van der Waals surface area (Å²) in [4.78, 5) is 28.3. The molecule has 160 valence electrons. The van der Waals surface area contributed by atoms with Gasteiger partial charge in [0, 0.05) is 36.5 Å². The number of hydrogen-bond acceptors (Lipinski definition) is 4. The van der Waals surface area contributed by atoms with E-state index in [1.165, 1.54) is 11.1 Å². The molecule has 0 fully saturated rings. The van der Waals surface area contributed by atoms with Crippen LogP contribution in [0.1, 0.15) is 43.2 Å². The molecule has 6 heteroatoms. The number of nitrogens with one attached hydrogen (secondary N) is 1. The molecule has 1 aliphatic rings. The molecule has 0 saturated heterocycles. The summed E-state index contributed by atoms with van der Waals surface area (Å²) in [6.45, 7) is 7.60. The van der Waals surface area contributed by atoms with Crippen molar-refractivity contribution in [2.75, 3.05) is 0 Å². The summed E-state index contributed by atoms with van der Waals surface area (Å²) in [5, 5.41) is 5.01. The topological polar surface area (TPSA) is 75.4 Å². The van der Waals surface area contributed by atoms with Crippen LogP contribution in [-0.4, -0.2) is 28.8 Å². The molecule has 2 aromatic rings. The predicted octanol–water partition coefficient (Wildman–Crippen LogP) is 3.64. The van der Waals surface area contributed by atoms with Gasteiger partial charge < -0.3 is 16.0 Å². The highest BCUT2D eigenvalue weighted by Gasteiger charge is 2.24. The van der Waals surface area contributed by atoms with Gasteiger partial charge in [-0.15, -0.1) is 11.3 Å². The Bertz CT molecular complexity index is 874. The van der Waals surface area contributed by atoms with Crippen molar-refractivity contribution in [3.8, 4) is 0 Å². The monoisotopic (exact) mass is 425 g/mol. The van der Waals surface area contributed by atoms with Crippen LogP contribution in [0.25, 0.3) is 0 Å². The quantitative estimate of drug-likeness (QED) is 0.665. The zero-order chi connectivity index (χ0) is 21.7. The van der Waals surface area contributed by atoms with E-state index < -0.39 is 6.04 Å². The van der Waals surface area contributed by atoms with Crippen LogP contribution in [0.2, 0.25) is 0 Å². The smallest absolute Gasteiger partial charge is 0.246 e. The molecule has 0 saturated carbocycles. The van der Waals surface area contributed by atoms with Gasteiger partial charge in [0.15, 0.2) is 0 Å². The maximum Gasteiger partial charge on any atom is 0.246 e. The number of carbonyl (C=O) groups is 2. The van der Waals surface area contributed by atoms with Gasteiger partial charge in [-0.1, -0.05) is 57.2 Å². The average Bonchev–Trinajstić information content (AvgIpc) is 3.33. The Hall–Kier alpha value is -2.44. The molecule has 1 aromatic carbocycles. The van der Waals surface area contributed by atoms with E-state index in [1.54, 1.807) is 17.4 Å². The zero-order valence-corrected chi connectivity index (χ0v) is 18.7. The summed E-state index contributed by atoms with van der Waals surface area (Å²) in [6.07, 6.45) is 4.63. The third kappa shape index (κ3) is 6.28. The van der Waals surface area contributed by atoms with E-state index in [9.17, 15) is 9.59 Å². The molecular weight excluding hydrogens is 394 g/mol. The van der Waals surface area contributed by atoms with E-state index in [4.69, 9.17) is 5.73 Å². The van der Waals surface area contributed by atoms with Gasteiger partial charge in [-0.25, -0.2) is 0 Å². The molecule has 2 amide bonds. The molecule has 1 aliphatic heterocycles. The maximum atomic E-state index is 12.7. The number of thiophene rings is 1. The molecule has 2 heterocycles. The fraction of sp³-hybridized carbons (Fsp3) is 0.417. The van der Waals surface area contributed by atoms with E-state index in [1.807, 2.05) is 40.6 Å². The summed E-state index contributed by atoms with van der Waals surface area (Å²) in [7, 11) is 0. The minimum atomic E-state index is -0.608. The van der Waals surface area contributed by atoms with E-state index >= 15 is 0 Å². The van der Waals surface area contributed by atoms with Crippen LogP contribution in [0.3, 0.4) is 0 Å². The van der Waals surface area contributed by atoms with Crippen LogP contribution in [-0.2, 0) is 29.1 Å². The Morgan fingerprint density at radius 3 is 2.40 bits per heavy atom. The lowest BCUT2D eigenvalue weighted by Crippen LogP contribution is -2.46. The Balaban J connectivity index is 1.61. The summed E-state index contributed by atoms with van der Waals surface area (Å²) < 4.78 is 0. The van der Waals surface area contributed by atoms with Crippen molar-refractivity contribution in [2.24, 2.45) is 11.1 Å². The van der Waals surface area contributed by atoms with Crippen LogP contribution in [0.15, 0.2) is 53.9 Å². The highest BCUT2D eigenvalue weighted by Crippen LogP contribution is 2.24. The number of fused-ring (bicyclic) bond motifs is 1. The molecule has 5 nitrogen and oxygen atoms in total. The lowest BCUT2D eigenvalue weighted by Gasteiger charge is -2.26. The van der Waals surface area contributed by atoms with E-state index in [-0.39, 0.29) is 23.3 Å². The normalized spacial score (nSPS) is 15.8. The lowest BCUT2D eigenvalue weighted by atomic mass is 9.87. The fourth-order valence-electron chi connectivity index (χ4n) is 3.65. The van der Waals surface area contributed by atoms with Crippen molar-refractivity contribution < 1.29 is 9.59 Å². The highest BCUT2D eigenvalue weighted by atomic mass is 32.1. The van der Waals surface area contributed by atoms with Gasteiger partial charge in [0.1, 0.15) is 0 Å². The lowest BCUT2D eigenvalue weighted by molar-refractivity contribution is -0.127. The second-order valence-electron chi connectivity index (χ2n) is 9.09. The summed E-state index contributed by atoms with van der Waals surface area (Å²) in [5.74, 6) is -0.231. The molecule has 0 aliphatic carbocycles. The van der Waals surface area contributed by atoms with Crippen LogP contribution < -0.4 is 11.1 Å². The third-order valence-electron chi connectivity index (χ3n) is 5.12. The number of benzene rings is 1. The largest absolute Gasteiger partial charge is 0.349 e. The van der Waals surface area contributed by atoms with Crippen LogP contribution in [0.5, 0.6) is 0 Å². The van der Waals surface area contributed by atoms with E-state index in [0.717, 1.165) is 4.88 Å². The second-order valence-corrected chi connectivity index (χ2v) is 10.1. The molecule has 1 aromatic heterocycles. The van der Waals surface area contributed by atoms with Crippen molar-refractivity contribution in [2.45, 2.75) is 58.8 Å². The van der Waals surface area contributed by atoms with Crippen molar-refractivity contribution >= 4 is 23.2 Å². The molecule has 2 unspecified atom stereocenters.